The first-order valence-electron chi connectivity index (χ1n) is 6.29. The second kappa shape index (κ2) is 5.62. The summed E-state index contributed by atoms with van der Waals surface area (Å²) in [7, 11) is 0. The van der Waals surface area contributed by atoms with Gasteiger partial charge in [-0.1, -0.05) is 6.07 Å². The largest absolute Gasteiger partial charge is 0.439 e. The molecular weight excluding hydrogens is 258 g/mol. The second-order valence-electron chi connectivity index (χ2n) is 4.92. The number of aryl methyl sites for hydroxylation is 4. The van der Waals surface area contributed by atoms with Gasteiger partial charge in [0.25, 0.3) is 0 Å². The Balaban J connectivity index is 2.42. The van der Waals surface area contributed by atoms with Gasteiger partial charge in [-0.25, -0.2) is 4.98 Å². The summed E-state index contributed by atoms with van der Waals surface area (Å²) in [5.74, 6) is 1.82. The van der Waals surface area contributed by atoms with Crippen LogP contribution in [0.1, 0.15) is 27.9 Å². The SMILES string of the molecule is Cc1cc(C)cc(Oc2nc(C)cc(C)c2CCl)c1. The molecule has 0 aliphatic heterocycles. The Morgan fingerprint density at radius 3 is 2.21 bits per heavy atom. The number of benzene rings is 1. The van der Waals surface area contributed by atoms with E-state index < -0.39 is 0 Å². The number of pyridine rings is 1. The Morgan fingerprint density at radius 2 is 1.63 bits per heavy atom. The Bertz CT molecular complexity index is 588. The number of ether oxygens (including phenoxy) is 1. The minimum Gasteiger partial charge on any atom is -0.439 e. The first-order chi connectivity index (χ1) is 8.99. The van der Waals surface area contributed by atoms with Crippen LogP contribution in [0.5, 0.6) is 11.6 Å². The summed E-state index contributed by atoms with van der Waals surface area (Å²) >= 11 is 6.00. The molecule has 2 rings (SSSR count). The van der Waals surface area contributed by atoms with Crippen LogP contribution in [-0.4, -0.2) is 4.98 Å². The first kappa shape index (κ1) is 13.9. The summed E-state index contributed by atoms with van der Waals surface area (Å²) in [6.07, 6.45) is 0. The van der Waals surface area contributed by atoms with E-state index in [4.69, 9.17) is 16.3 Å². The highest BCUT2D eigenvalue weighted by molar-refractivity contribution is 6.17. The fourth-order valence-corrected chi connectivity index (χ4v) is 2.50. The average molecular weight is 276 g/mol. The molecule has 0 saturated carbocycles. The summed E-state index contributed by atoms with van der Waals surface area (Å²) < 4.78 is 5.93. The topological polar surface area (TPSA) is 22.1 Å². The van der Waals surface area contributed by atoms with E-state index in [-0.39, 0.29) is 0 Å². The maximum absolute atomic E-state index is 6.00. The minimum atomic E-state index is 0.402. The van der Waals surface area contributed by atoms with E-state index >= 15 is 0 Å². The Hall–Kier alpha value is -1.54. The molecule has 0 unspecified atom stereocenters. The average Bonchev–Trinajstić information content (AvgIpc) is 2.26. The number of alkyl halides is 1. The van der Waals surface area contributed by atoms with Crippen molar-refractivity contribution in [3.63, 3.8) is 0 Å². The monoisotopic (exact) mass is 275 g/mol. The lowest BCUT2D eigenvalue weighted by atomic mass is 10.1. The number of aromatic nitrogens is 1. The predicted octanol–water partition coefficient (Wildman–Crippen LogP) is 4.85. The van der Waals surface area contributed by atoms with Gasteiger partial charge in [0.2, 0.25) is 5.88 Å². The van der Waals surface area contributed by atoms with Gasteiger partial charge in [0.05, 0.1) is 5.88 Å². The zero-order valence-electron chi connectivity index (χ0n) is 11.7. The van der Waals surface area contributed by atoms with Crippen molar-refractivity contribution in [1.82, 2.24) is 4.98 Å². The molecule has 3 heteroatoms. The van der Waals surface area contributed by atoms with E-state index in [1.54, 1.807) is 0 Å². The van der Waals surface area contributed by atoms with Gasteiger partial charge >= 0.3 is 0 Å². The maximum Gasteiger partial charge on any atom is 0.224 e. The number of halogens is 1. The van der Waals surface area contributed by atoms with Gasteiger partial charge in [0.15, 0.2) is 0 Å². The Kier molecular flexibility index (Phi) is 4.11. The predicted molar refractivity (Wildman–Crippen MR) is 79.3 cm³/mol. The fraction of sp³-hybridized carbons (Fsp3) is 0.312. The van der Waals surface area contributed by atoms with Crippen LogP contribution >= 0.6 is 11.6 Å². The summed E-state index contributed by atoms with van der Waals surface area (Å²) in [5.41, 5.74) is 5.35. The quantitative estimate of drug-likeness (QED) is 0.747. The highest BCUT2D eigenvalue weighted by Crippen LogP contribution is 2.28. The lowest BCUT2D eigenvalue weighted by Gasteiger charge is -2.12. The molecule has 2 aromatic rings. The van der Waals surface area contributed by atoms with Crippen molar-refractivity contribution < 1.29 is 4.74 Å². The van der Waals surface area contributed by atoms with Crippen LogP contribution < -0.4 is 4.74 Å². The standard InChI is InChI=1S/C16H18ClNO/c1-10-5-11(2)7-14(6-10)19-16-15(9-17)12(3)8-13(4)18-16/h5-8H,9H2,1-4H3. The van der Waals surface area contributed by atoms with Crippen molar-refractivity contribution in [2.45, 2.75) is 33.6 Å². The molecule has 0 radical (unpaired) electrons. The van der Waals surface area contributed by atoms with Crippen LogP contribution in [-0.2, 0) is 5.88 Å². The lowest BCUT2D eigenvalue weighted by Crippen LogP contribution is -1.98. The third-order valence-electron chi connectivity index (χ3n) is 2.98. The number of hydrogen-bond donors (Lipinski definition) is 0. The molecule has 1 heterocycles. The van der Waals surface area contributed by atoms with E-state index in [1.165, 1.54) is 11.1 Å². The molecule has 0 fully saturated rings. The van der Waals surface area contributed by atoms with E-state index in [2.05, 4.69) is 24.9 Å². The third-order valence-corrected chi connectivity index (χ3v) is 3.25. The highest BCUT2D eigenvalue weighted by Gasteiger charge is 2.10. The Morgan fingerprint density at radius 1 is 1.00 bits per heavy atom. The molecule has 0 aliphatic carbocycles. The number of nitrogens with zero attached hydrogens (tertiary/aromatic N) is 1. The first-order valence-corrected chi connectivity index (χ1v) is 6.82. The van der Waals surface area contributed by atoms with E-state index in [0.717, 1.165) is 22.6 Å². The molecule has 0 saturated heterocycles. The van der Waals surface area contributed by atoms with Crippen LogP contribution in [0.4, 0.5) is 0 Å². The molecule has 2 nitrogen and oxygen atoms in total. The van der Waals surface area contributed by atoms with Crippen LogP contribution in [0.25, 0.3) is 0 Å². The van der Waals surface area contributed by atoms with Gasteiger partial charge < -0.3 is 4.74 Å². The van der Waals surface area contributed by atoms with Gasteiger partial charge in [-0.2, -0.15) is 0 Å². The van der Waals surface area contributed by atoms with Gasteiger partial charge in [0, 0.05) is 11.3 Å². The number of rotatable bonds is 3. The van der Waals surface area contributed by atoms with Crippen molar-refractivity contribution in [3.05, 3.63) is 52.2 Å². The van der Waals surface area contributed by atoms with Gasteiger partial charge in [0.1, 0.15) is 5.75 Å². The summed E-state index contributed by atoms with van der Waals surface area (Å²) in [4.78, 5) is 4.45. The second-order valence-corrected chi connectivity index (χ2v) is 5.19. The van der Waals surface area contributed by atoms with Crippen LogP contribution in [0.15, 0.2) is 24.3 Å². The molecule has 0 N–H and O–H groups in total. The lowest BCUT2D eigenvalue weighted by molar-refractivity contribution is 0.455. The fourth-order valence-electron chi connectivity index (χ4n) is 2.18. The van der Waals surface area contributed by atoms with Gasteiger partial charge in [-0.15, -0.1) is 11.6 Å². The van der Waals surface area contributed by atoms with Crippen molar-refractivity contribution in [3.8, 4) is 11.6 Å². The zero-order valence-corrected chi connectivity index (χ0v) is 12.5. The smallest absolute Gasteiger partial charge is 0.224 e. The molecule has 0 atom stereocenters. The van der Waals surface area contributed by atoms with Crippen molar-refractivity contribution in [1.29, 1.82) is 0 Å². The van der Waals surface area contributed by atoms with E-state index in [1.807, 2.05) is 32.0 Å². The third kappa shape index (κ3) is 3.27. The van der Waals surface area contributed by atoms with Gasteiger partial charge in [-0.3, -0.25) is 0 Å². The molecular formula is C16H18ClNO. The molecule has 19 heavy (non-hydrogen) atoms. The zero-order chi connectivity index (χ0) is 14.0. The minimum absolute atomic E-state index is 0.402. The van der Waals surface area contributed by atoms with Crippen molar-refractivity contribution >= 4 is 11.6 Å². The highest BCUT2D eigenvalue weighted by atomic mass is 35.5. The van der Waals surface area contributed by atoms with E-state index in [0.29, 0.717) is 11.8 Å². The van der Waals surface area contributed by atoms with Crippen LogP contribution in [0.3, 0.4) is 0 Å². The molecule has 1 aromatic carbocycles. The van der Waals surface area contributed by atoms with Crippen LogP contribution in [0, 0.1) is 27.7 Å². The van der Waals surface area contributed by atoms with Crippen molar-refractivity contribution in [2.24, 2.45) is 0 Å². The normalized spacial score (nSPS) is 10.6. The number of hydrogen-bond acceptors (Lipinski definition) is 2. The Labute approximate surface area is 119 Å². The molecule has 0 bridgehead atoms. The molecule has 0 aliphatic rings. The molecule has 100 valence electrons. The summed E-state index contributed by atoms with van der Waals surface area (Å²) in [6.45, 7) is 8.09. The molecule has 0 spiro atoms. The molecule has 1 aromatic heterocycles. The van der Waals surface area contributed by atoms with Crippen molar-refractivity contribution in [2.75, 3.05) is 0 Å². The van der Waals surface area contributed by atoms with Gasteiger partial charge in [-0.05, 0) is 62.6 Å². The maximum atomic E-state index is 6.00. The van der Waals surface area contributed by atoms with Crippen LogP contribution in [0.2, 0.25) is 0 Å². The molecule has 0 amide bonds. The van der Waals surface area contributed by atoms with E-state index in [9.17, 15) is 0 Å². The summed E-state index contributed by atoms with van der Waals surface area (Å²) in [5, 5.41) is 0. The summed E-state index contributed by atoms with van der Waals surface area (Å²) in [6, 6.07) is 8.14.